The normalized spacial score (nSPS) is 17.8. The summed E-state index contributed by atoms with van der Waals surface area (Å²) in [5.74, 6) is -0.177. The lowest BCUT2D eigenvalue weighted by Crippen LogP contribution is -2.42. The molecule has 0 saturated carbocycles. The first kappa shape index (κ1) is 12.7. The molecule has 88 valence electrons. The lowest BCUT2D eigenvalue weighted by atomic mass is 10.1. The van der Waals surface area contributed by atoms with Gasteiger partial charge in [-0.15, -0.1) is 11.6 Å². The number of amides is 1. The van der Waals surface area contributed by atoms with Crippen molar-refractivity contribution in [2.45, 2.75) is 19.3 Å². The highest BCUT2D eigenvalue weighted by Crippen LogP contribution is 2.08. The molecule has 0 aliphatic carbocycles. The zero-order chi connectivity index (χ0) is 11.3. The van der Waals surface area contributed by atoms with E-state index in [1.54, 1.807) is 4.90 Å². The van der Waals surface area contributed by atoms with Crippen LogP contribution in [0.15, 0.2) is 0 Å². The van der Waals surface area contributed by atoms with Gasteiger partial charge in [0.1, 0.15) is 5.21 Å². The second-order valence-electron chi connectivity index (χ2n) is 3.49. The molecule has 1 aliphatic heterocycles. The maximum atomic E-state index is 11.5. The van der Waals surface area contributed by atoms with Gasteiger partial charge in [0.05, 0.1) is 6.54 Å². The van der Waals surface area contributed by atoms with Crippen molar-refractivity contribution in [1.82, 2.24) is 9.62 Å². The number of hydrogen-bond acceptors (Lipinski definition) is 3. The van der Waals surface area contributed by atoms with Crippen molar-refractivity contribution in [2.24, 2.45) is 0 Å². The molecule has 15 heavy (non-hydrogen) atoms. The van der Waals surface area contributed by atoms with Gasteiger partial charge in [-0.25, -0.2) is 13.1 Å². The molecule has 1 saturated heterocycles. The van der Waals surface area contributed by atoms with E-state index in [1.807, 2.05) is 0 Å². The summed E-state index contributed by atoms with van der Waals surface area (Å²) in [5, 5.41) is -0.514. The van der Waals surface area contributed by atoms with E-state index in [-0.39, 0.29) is 12.5 Å². The van der Waals surface area contributed by atoms with E-state index in [0.717, 1.165) is 32.4 Å². The summed E-state index contributed by atoms with van der Waals surface area (Å²) in [7, 11) is -3.49. The van der Waals surface area contributed by atoms with Gasteiger partial charge in [0, 0.05) is 13.1 Å². The molecule has 1 rings (SSSR count). The Labute approximate surface area is 94.8 Å². The number of sulfonamides is 1. The summed E-state index contributed by atoms with van der Waals surface area (Å²) in [6.07, 6.45) is 3.12. The van der Waals surface area contributed by atoms with Crippen LogP contribution in [0.1, 0.15) is 19.3 Å². The highest BCUT2D eigenvalue weighted by Gasteiger charge is 2.18. The lowest BCUT2D eigenvalue weighted by Gasteiger charge is -2.26. The van der Waals surface area contributed by atoms with Gasteiger partial charge in [0.15, 0.2) is 0 Å². The van der Waals surface area contributed by atoms with Crippen LogP contribution < -0.4 is 4.72 Å². The minimum atomic E-state index is -3.49. The molecule has 5 nitrogen and oxygen atoms in total. The van der Waals surface area contributed by atoms with E-state index in [0.29, 0.717) is 0 Å². The molecule has 0 atom stereocenters. The molecule has 1 heterocycles. The van der Waals surface area contributed by atoms with Gasteiger partial charge in [-0.05, 0) is 19.3 Å². The van der Waals surface area contributed by atoms with E-state index in [1.165, 1.54) is 0 Å². The van der Waals surface area contributed by atoms with Crippen LogP contribution in [0.5, 0.6) is 0 Å². The van der Waals surface area contributed by atoms with E-state index >= 15 is 0 Å². The Bertz CT molecular complexity index is 312. The second-order valence-corrected chi connectivity index (χ2v) is 5.88. The Morgan fingerprint density at radius 3 is 2.40 bits per heavy atom. The van der Waals surface area contributed by atoms with Gasteiger partial charge in [0.2, 0.25) is 15.9 Å². The standard InChI is InChI=1S/C8H15ClN2O3S/c9-7-15(13,14)10-6-8(12)11-4-2-1-3-5-11/h10H,1-7H2. The van der Waals surface area contributed by atoms with Crippen LogP contribution in [0.3, 0.4) is 0 Å². The molecule has 1 aliphatic rings. The van der Waals surface area contributed by atoms with Crippen LogP contribution in [-0.4, -0.2) is 44.1 Å². The SMILES string of the molecule is O=C(CNS(=O)(=O)CCl)N1CCCCC1. The number of nitrogens with one attached hydrogen (secondary N) is 1. The Balaban J connectivity index is 2.35. The predicted molar refractivity (Wildman–Crippen MR) is 58.1 cm³/mol. The first-order valence-corrected chi connectivity index (χ1v) is 7.05. The molecule has 1 fully saturated rings. The van der Waals surface area contributed by atoms with E-state index in [9.17, 15) is 13.2 Å². The van der Waals surface area contributed by atoms with Crippen LogP contribution in [0.25, 0.3) is 0 Å². The molecule has 0 bridgehead atoms. The van der Waals surface area contributed by atoms with Gasteiger partial charge >= 0.3 is 0 Å². The summed E-state index contributed by atoms with van der Waals surface area (Å²) in [4.78, 5) is 13.2. The van der Waals surface area contributed by atoms with E-state index in [2.05, 4.69) is 4.72 Å². The number of piperidine rings is 1. The van der Waals surface area contributed by atoms with Crippen molar-refractivity contribution in [3.8, 4) is 0 Å². The molecule has 0 aromatic carbocycles. The Morgan fingerprint density at radius 1 is 1.27 bits per heavy atom. The fraction of sp³-hybridized carbons (Fsp3) is 0.875. The molecule has 1 amide bonds. The summed E-state index contributed by atoms with van der Waals surface area (Å²) in [6.45, 7) is 1.26. The molecule has 0 aromatic heterocycles. The monoisotopic (exact) mass is 254 g/mol. The van der Waals surface area contributed by atoms with Crippen molar-refractivity contribution in [3.05, 3.63) is 0 Å². The number of carbonyl (C=O) groups excluding carboxylic acids is 1. The maximum absolute atomic E-state index is 11.5. The molecule has 1 N–H and O–H groups in total. The van der Waals surface area contributed by atoms with Crippen LogP contribution >= 0.6 is 11.6 Å². The number of hydrogen-bond donors (Lipinski definition) is 1. The quantitative estimate of drug-likeness (QED) is 0.725. The van der Waals surface area contributed by atoms with Crippen molar-refractivity contribution >= 4 is 27.5 Å². The molecule has 7 heteroatoms. The zero-order valence-electron chi connectivity index (χ0n) is 8.41. The zero-order valence-corrected chi connectivity index (χ0v) is 9.98. The molecule has 0 spiro atoms. The van der Waals surface area contributed by atoms with Crippen LogP contribution in [0.4, 0.5) is 0 Å². The third-order valence-corrected chi connectivity index (χ3v) is 4.03. The topological polar surface area (TPSA) is 66.5 Å². The van der Waals surface area contributed by atoms with Gasteiger partial charge in [-0.2, -0.15) is 0 Å². The van der Waals surface area contributed by atoms with E-state index in [4.69, 9.17) is 11.6 Å². The number of alkyl halides is 1. The predicted octanol–water partition coefficient (Wildman–Crippen LogP) is 0.115. The average Bonchev–Trinajstić information content (AvgIpc) is 2.27. The second kappa shape index (κ2) is 5.67. The highest BCUT2D eigenvalue weighted by atomic mass is 35.5. The fourth-order valence-electron chi connectivity index (χ4n) is 1.47. The van der Waals surface area contributed by atoms with Crippen LogP contribution in [0.2, 0.25) is 0 Å². The van der Waals surface area contributed by atoms with Crippen LogP contribution in [-0.2, 0) is 14.8 Å². The highest BCUT2D eigenvalue weighted by molar-refractivity contribution is 7.90. The number of likely N-dealkylation sites (tertiary alicyclic amines) is 1. The van der Waals surface area contributed by atoms with Gasteiger partial charge in [0.25, 0.3) is 0 Å². The lowest BCUT2D eigenvalue weighted by molar-refractivity contribution is -0.130. The van der Waals surface area contributed by atoms with Gasteiger partial charge in [-0.1, -0.05) is 0 Å². The molecule has 0 unspecified atom stereocenters. The maximum Gasteiger partial charge on any atom is 0.237 e. The van der Waals surface area contributed by atoms with Gasteiger partial charge in [-0.3, -0.25) is 4.79 Å². The minimum absolute atomic E-state index is 0.177. The van der Waals surface area contributed by atoms with Crippen molar-refractivity contribution in [3.63, 3.8) is 0 Å². The minimum Gasteiger partial charge on any atom is -0.342 e. The molecular weight excluding hydrogens is 240 g/mol. The largest absolute Gasteiger partial charge is 0.342 e. The fourth-order valence-corrected chi connectivity index (χ4v) is 2.12. The molecule has 0 aromatic rings. The molecule has 0 radical (unpaired) electrons. The van der Waals surface area contributed by atoms with Crippen LogP contribution in [0, 0.1) is 0 Å². The third kappa shape index (κ3) is 4.36. The van der Waals surface area contributed by atoms with E-state index < -0.39 is 15.2 Å². The first-order chi connectivity index (χ1) is 7.05. The average molecular weight is 255 g/mol. The molecular formula is C8H15ClN2O3S. The van der Waals surface area contributed by atoms with Crippen molar-refractivity contribution in [1.29, 1.82) is 0 Å². The number of carbonyl (C=O) groups is 1. The Morgan fingerprint density at radius 2 is 1.87 bits per heavy atom. The Kier molecular flexibility index (Phi) is 4.82. The van der Waals surface area contributed by atoms with Gasteiger partial charge < -0.3 is 4.90 Å². The Hall–Kier alpha value is -0.330. The summed E-state index contributed by atoms with van der Waals surface area (Å²) < 4.78 is 24.1. The number of halogens is 1. The summed E-state index contributed by atoms with van der Waals surface area (Å²) >= 11 is 5.19. The third-order valence-electron chi connectivity index (χ3n) is 2.30. The summed E-state index contributed by atoms with van der Waals surface area (Å²) in [5.41, 5.74) is 0. The summed E-state index contributed by atoms with van der Waals surface area (Å²) in [6, 6.07) is 0. The van der Waals surface area contributed by atoms with Crippen molar-refractivity contribution in [2.75, 3.05) is 24.8 Å². The number of nitrogens with zero attached hydrogens (tertiary/aromatic N) is 1. The van der Waals surface area contributed by atoms with Crippen molar-refractivity contribution < 1.29 is 13.2 Å². The first-order valence-electron chi connectivity index (χ1n) is 4.86. The number of rotatable bonds is 4. The smallest absolute Gasteiger partial charge is 0.237 e.